The molecule has 0 unspecified atom stereocenters. The predicted molar refractivity (Wildman–Crippen MR) is 121 cm³/mol. The van der Waals surface area contributed by atoms with E-state index in [1.807, 2.05) is 23.2 Å². The SMILES string of the molecule is Cc1cccc(N2CCN(CC/C=C/N3C(=O)CCc4ccccc43)CC2)c1C. The zero-order chi connectivity index (χ0) is 20.2. The molecule has 2 aromatic carbocycles. The largest absolute Gasteiger partial charge is 0.369 e. The Hall–Kier alpha value is -2.59. The van der Waals surface area contributed by atoms with E-state index < -0.39 is 0 Å². The van der Waals surface area contributed by atoms with Crippen molar-refractivity contribution >= 4 is 17.3 Å². The molecule has 2 aliphatic rings. The molecule has 2 aromatic rings. The van der Waals surface area contributed by atoms with Crippen molar-refractivity contribution in [2.75, 3.05) is 42.5 Å². The Bertz CT molecular complexity index is 897. The third kappa shape index (κ3) is 4.38. The molecule has 0 N–H and O–H groups in total. The molecule has 2 aliphatic heterocycles. The van der Waals surface area contributed by atoms with Crippen LogP contribution in [0.2, 0.25) is 0 Å². The average molecular weight is 390 g/mol. The lowest BCUT2D eigenvalue weighted by Gasteiger charge is -2.37. The van der Waals surface area contributed by atoms with E-state index in [-0.39, 0.29) is 5.91 Å². The van der Waals surface area contributed by atoms with E-state index in [0.29, 0.717) is 6.42 Å². The van der Waals surface area contributed by atoms with Gasteiger partial charge in [-0.25, -0.2) is 0 Å². The third-order valence-electron chi connectivity index (χ3n) is 6.28. The van der Waals surface area contributed by atoms with Crippen LogP contribution in [0.15, 0.2) is 54.7 Å². The summed E-state index contributed by atoms with van der Waals surface area (Å²) >= 11 is 0. The molecule has 152 valence electrons. The first-order valence-electron chi connectivity index (χ1n) is 10.7. The first-order chi connectivity index (χ1) is 14.1. The summed E-state index contributed by atoms with van der Waals surface area (Å²) in [5.41, 5.74) is 6.45. The molecule has 4 nitrogen and oxygen atoms in total. The lowest BCUT2D eigenvalue weighted by Crippen LogP contribution is -2.46. The molecule has 1 fully saturated rings. The molecule has 0 atom stereocenters. The molecule has 0 spiro atoms. The number of para-hydroxylation sites is 1. The van der Waals surface area contributed by atoms with E-state index in [1.54, 1.807) is 0 Å². The Morgan fingerprint density at radius 3 is 2.48 bits per heavy atom. The van der Waals surface area contributed by atoms with Gasteiger partial charge in [-0.15, -0.1) is 0 Å². The van der Waals surface area contributed by atoms with E-state index in [9.17, 15) is 4.79 Å². The van der Waals surface area contributed by atoms with Crippen LogP contribution in [0.5, 0.6) is 0 Å². The van der Waals surface area contributed by atoms with Crippen molar-refractivity contribution < 1.29 is 4.79 Å². The van der Waals surface area contributed by atoms with Crippen molar-refractivity contribution in [1.29, 1.82) is 0 Å². The number of carbonyl (C=O) groups excluding carboxylic acids is 1. The minimum atomic E-state index is 0.196. The second kappa shape index (κ2) is 8.83. The van der Waals surface area contributed by atoms with E-state index >= 15 is 0 Å². The van der Waals surface area contributed by atoms with Gasteiger partial charge in [0.15, 0.2) is 0 Å². The highest BCUT2D eigenvalue weighted by Crippen LogP contribution is 2.28. The number of anilines is 2. The summed E-state index contributed by atoms with van der Waals surface area (Å²) in [5.74, 6) is 0.196. The van der Waals surface area contributed by atoms with Crippen molar-refractivity contribution in [3.63, 3.8) is 0 Å². The molecule has 1 amide bonds. The monoisotopic (exact) mass is 389 g/mol. The molecule has 4 rings (SSSR count). The number of hydrogen-bond acceptors (Lipinski definition) is 3. The number of carbonyl (C=O) groups is 1. The fraction of sp³-hybridized carbons (Fsp3) is 0.400. The van der Waals surface area contributed by atoms with Gasteiger partial charge >= 0.3 is 0 Å². The molecule has 1 saturated heterocycles. The van der Waals surface area contributed by atoms with Crippen LogP contribution >= 0.6 is 0 Å². The molecule has 0 bridgehead atoms. The number of aryl methyl sites for hydroxylation is 2. The lowest BCUT2D eigenvalue weighted by molar-refractivity contribution is -0.118. The summed E-state index contributed by atoms with van der Waals surface area (Å²) < 4.78 is 0. The third-order valence-corrected chi connectivity index (χ3v) is 6.28. The smallest absolute Gasteiger partial charge is 0.231 e. The van der Waals surface area contributed by atoms with Crippen molar-refractivity contribution in [1.82, 2.24) is 4.90 Å². The van der Waals surface area contributed by atoms with Gasteiger partial charge in [0.05, 0.1) is 5.69 Å². The molecule has 0 aromatic heterocycles. The summed E-state index contributed by atoms with van der Waals surface area (Å²) in [6.07, 6.45) is 6.55. The van der Waals surface area contributed by atoms with Gasteiger partial charge in [0.1, 0.15) is 0 Å². The number of piperazine rings is 1. The number of amides is 1. The highest BCUT2D eigenvalue weighted by molar-refractivity contribution is 5.98. The fourth-order valence-electron chi connectivity index (χ4n) is 4.34. The number of hydrogen-bond donors (Lipinski definition) is 0. The number of nitrogens with zero attached hydrogens (tertiary/aromatic N) is 3. The first kappa shape index (κ1) is 19.7. The summed E-state index contributed by atoms with van der Waals surface area (Å²) in [7, 11) is 0. The van der Waals surface area contributed by atoms with Crippen LogP contribution in [0, 0.1) is 13.8 Å². The predicted octanol–water partition coefficient (Wildman–Crippen LogP) is 4.31. The fourth-order valence-corrected chi connectivity index (χ4v) is 4.34. The maximum atomic E-state index is 12.3. The van der Waals surface area contributed by atoms with Crippen LogP contribution in [-0.2, 0) is 11.2 Å². The van der Waals surface area contributed by atoms with Crippen LogP contribution < -0.4 is 9.80 Å². The van der Waals surface area contributed by atoms with Gasteiger partial charge in [0.2, 0.25) is 5.91 Å². The quantitative estimate of drug-likeness (QED) is 0.762. The van der Waals surface area contributed by atoms with Crippen LogP contribution in [0.3, 0.4) is 0 Å². The number of rotatable bonds is 5. The van der Waals surface area contributed by atoms with Gasteiger partial charge in [-0.05, 0) is 55.5 Å². The van der Waals surface area contributed by atoms with Crippen LogP contribution in [0.4, 0.5) is 11.4 Å². The van der Waals surface area contributed by atoms with E-state index in [2.05, 4.69) is 60.1 Å². The van der Waals surface area contributed by atoms with Crippen molar-refractivity contribution in [2.45, 2.75) is 33.1 Å². The Kier molecular flexibility index (Phi) is 6.00. The Balaban J connectivity index is 1.28. The highest BCUT2D eigenvalue weighted by atomic mass is 16.2. The van der Waals surface area contributed by atoms with E-state index in [0.717, 1.165) is 51.3 Å². The summed E-state index contributed by atoms with van der Waals surface area (Å²) in [6.45, 7) is 9.78. The summed E-state index contributed by atoms with van der Waals surface area (Å²) in [5, 5.41) is 0. The molecule has 29 heavy (non-hydrogen) atoms. The van der Waals surface area contributed by atoms with Gasteiger partial charge in [0.25, 0.3) is 0 Å². The van der Waals surface area contributed by atoms with Crippen molar-refractivity contribution in [3.05, 3.63) is 71.4 Å². The number of fused-ring (bicyclic) bond motifs is 1. The van der Waals surface area contributed by atoms with Gasteiger partial charge in [-0.1, -0.05) is 36.4 Å². The summed E-state index contributed by atoms with van der Waals surface area (Å²) in [4.78, 5) is 19.2. The van der Waals surface area contributed by atoms with Gasteiger partial charge < -0.3 is 4.90 Å². The second-order valence-corrected chi connectivity index (χ2v) is 8.11. The molecule has 0 aliphatic carbocycles. The topological polar surface area (TPSA) is 26.8 Å². The second-order valence-electron chi connectivity index (χ2n) is 8.11. The van der Waals surface area contributed by atoms with Crippen LogP contribution in [0.25, 0.3) is 0 Å². The Morgan fingerprint density at radius 2 is 1.66 bits per heavy atom. The maximum Gasteiger partial charge on any atom is 0.231 e. The van der Waals surface area contributed by atoms with Crippen molar-refractivity contribution in [2.24, 2.45) is 0 Å². The lowest BCUT2D eigenvalue weighted by atomic mass is 10.0. The molecular weight excluding hydrogens is 358 g/mol. The molecule has 4 heteroatoms. The molecular formula is C25H31N3O. The molecule has 0 saturated carbocycles. The standard InChI is InChI=1S/C25H31N3O/c1-20-8-7-11-23(21(20)2)27-18-16-26(17-19-27)14-5-6-15-28-24-10-4-3-9-22(24)12-13-25(28)29/h3-4,6-11,15H,5,12-14,16-19H2,1-2H3/b15-6+. The normalized spacial score (nSPS) is 17.8. The Labute approximate surface area is 174 Å². The van der Waals surface area contributed by atoms with E-state index in [1.165, 1.54) is 22.4 Å². The molecule has 2 heterocycles. The summed E-state index contributed by atoms with van der Waals surface area (Å²) in [6, 6.07) is 14.8. The zero-order valence-electron chi connectivity index (χ0n) is 17.6. The van der Waals surface area contributed by atoms with Gasteiger partial charge in [-0.3, -0.25) is 14.6 Å². The Morgan fingerprint density at radius 1 is 0.897 bits per heavy atom. The number of benzene rings is 2. The highest BCUT2D eigenvalue weighted by Gasteiger charge is 2.22. The van der Waals surface area contributed by atoms with Gasteiger partial charge in [0, 0.05) is 51.0 Å². The molecule has 0 radical (unpaired) electrons. The van der Waals surface area contributed by atoms with Crippen LogP contribution in [0.1, 0.15) is 29.5 Å². The van der Waals surface area contributed by atoms with Crippen molar-refractivity contribution in [3.8, 4) is 0 Å². The maximum absolute atomic E-state index is 12.3. The van der Waals surface area contributed by atoms with Crippen LogP contribution in [-0.4, -0.2) is 43.5 Å². The minimum Gasteiger partial charge on any atom is -0.369 e. The zero-order valence-corrected chi connectivity index (χ0v) is 17.6. The van der Waals surface area contributed by atoms with Gasteiger partial charge in [-0.2, -0.15) is 0 Å². The minimum absolute atomic E-state index is 0.196. The van der Waals surface area contributed by atoms with E-state index in [4.69, 9.17) is 0 Å². The average Bonchev–Trinajstić information content (AvgIpc) is 2.75. The first-order valence-corrected chi connectivity index (χ1v) is 10.7.